The first-order valence-corrected chi connectivity index (χ1v) is 8.18. The van der Waals surface area contributed by atoms with Crippen molar-refractivity contribution in [2.24, 2.45) is 7.05 Å². The molecule has 0 saturated carbocycles. The maximum atomic E-state index is 13.9. The summed E-state index contributed by atoms with van der Waals surface area (Å²) >= 11 is 12.2. The molecule has 0 fully saturated rings. The fraction of sp³-hybridized carbons (Fsp3) is 0.353. The molecule has 0 bridgehead atoms. The number of ether oxygens (including phenoxy) is 1. The number of rotatable bonds is 4. The van der Waals surface area contributed by atoms with E-state index in [9.17, 15) is 23.1 Å². The summed E-state index contributed by atoms with van der Waals surface area (Å²) < 4.78 is 47.6. The van der Waals surface area contributed by atoms with Gasteiger partial charge >= 0.3 is 6.18 Å². The highest BCUT2D eigenvalue weighted by atomic mass is 35.5. The van der Waals surface area contributed by atoms with Gasteiger partial charge < -0.3 is 14.4 Å². The Morgan fingerprint density at radius 2 is 1.77 bits per heavy atom. The van der Waals surface area contributed by atoms with Crippen LogP contribution in [0, 0.1) is 0 Å². The molecular weight excluding hydrogens is 394 g/mol. The van der Waals surface area contributed by atoms with Crippen molar-refractivity contribution in [2.45, 2.75) is 24.6 Å². The van der Waals surface area contributed by atoms with Crippen LogP contribution in [0.1, 0.15) is 24.0 Å². The van der Waals surface area contributed by atoms with Crippen LogP contribution < -0.4 is 10.3 Å². The number of hydrogen-bond acceptors (Lipinski definition) is 3. The smallest absolute Gasteiger partial charge is 0.422 e. The number of aromatic nitrogens is 1. The standard InChI is InChI=1S/C17H16Cl2F3NO3/c1-9(11-5-6-12(26-3)15(19)14(11)18)16(25,17(20,21)22)10-4-7-13(24)23(2)8-10/h4-9,25H,1-3H3. The van der Waals surface area contributed by atoms with Crippen LogP contribution in [0.2, 0.25) is 10.0 Å². The van der Waals surface area contributed by atoms with E-state index < -0.39 is 28.8 Å². The minimum absolute atomic E-state index is 0.00820. The van der Waals surface area contributed by atoms with Crippen LogP contribution in [0.3, 0.4) is 0 Å². The minimum Gasteiger partial charge on any atom is -0.495 e. The van der Waals surface area contributed by atoms with Gasteiger partial charge in [-0.2, -0.15) is 13.2 Å². The summed E-state index contributed by atoms with van der Waals surface area (Å²) in [6, 6.07) is 4.60. The topological polar surface area (TPSA) is 51.5 Å². The van der Waals surface area contributed by atoms with E-state index in [-0.39, 0.29) is 21.4 Å². The van der Waals surface area contributed by atoms with Gasteiger partial charge in [-0.3, -0.25) is 4.79 Å². The Morgan fingerprint density at radius 1 is 1.15 bits per heavy atom. The SMILES string of the molecule is COc1ccc(C(C)C(O)(c2ccc(=O)n(C)c2)C(F)(F)F)c(Cl)c1Cl. The van der Waals surface area contributed by atoms with Crippen molar-refractivity contribution >= 4 is 23.2 Å². The van der Waals surface area contributed by atoms with Gasteiger partial charge in [0.05, 0.1) is 12.1 Å². The molecule has 1 aromatic heterocycles. The second-order valence-electron chi connectivity index (χ2n) is 5.84. The average Bonchev–Trinajstić information content (AvgIpc) is 2.57. The largest absolute Gasteiger partial charge is 0.495 e. The number of halogens is 5. The number of aliphatic hydroxyl groups is 1. The highest BCUT2D eigenvalue weighted by Gasteiger charge is 2.59. The lowest BCUT2D eigenvalue weighted by molar-refractivity contribution is -0.274. The molecule has 4 nitrogen and oxygen atoms in total. The third-order valence-electron chi connectivity index (χ3n) is 4.35. The summed E-state index contributed by atoms with van der Waals surface area (Å²) in [4.78, 5) is 11.5. The van der Waals surface area contributed by atoms with Crippen molar-refractivity contribution in [3.8, 4) is 5.75 Å². The zero-order valence-electron chi connectivity index (χ0n) is 14.1. The van der Waals surface area contributed by atoms with Crippen LogP contribution in [-0.4, -0.2) is 23.0 Å². The van der Waals surface area contributed by atoms with Gasteiger partial charge in [0.25, 0.3) is 0 Å². The molecule has 26 heavy (non-hydrogen) atoms. The van der Waals surface area contributed by atoms with Crippen LogP contribution in [0.4, 0.5) is 13.2 Å². The van der Waals surface area contributed by atoms with Gasteiger partial charge in [0.15, 0.2) is 5.60 Å². The van der Waals surface area contributed by atoms with Crippen molar-refractivity contribution in [3.63, 3.8) is 0 Å². The van der Waals surface area contributed by atoms with Crippen LogP contribution in [0.25, 0.3) is 0 Å². The number of alkyl halides is 3. The number of benzene rings is 1. The van der Waals surface area contributed by atoms with E-state index in [0.29, 0.717) is 0 Å². The van der Waals surface area contributed by atoms with E-state index >= 15 is 0 Å². The lowest BCUT2D eigenvalue weighted by Crippen LogP contribution is -2.47. The molecule has 0 amide bonds. The zero-order chi connectivity index (χ0) is 19.9. The third kappa shape index (κ3) is 3.31. The molecule has 1 heterocycles. The highest BCUT2D eigenvalue weighted by Crippen LogP contribution is 2.51. The van der Waals surface area contributed by atoms with Gasteiger partial charge in [-0.05, 0) is 17.7 Å². The van der Waals surface area contributed by atoms with Crippen molar-refractivity contribution in [1.29, 1.82) is 0 Å². The quantitative estimate of drug-likeness (QED) is 0.820. The second-order valence-corrected chi connectivity index (χ2v) is 6.59. The number of pyridine rings is 1. The van der Waals surface area contributed by atoms with E-state index in [4.69, 9.17) is 27.9 Å². The normalized spacial score (nSPS) is 15.4. The Labute approximate surface area is 157 Å². The molecule has 1 aromatic carbocycles. The van der Waals surface area contributed by atoms with Crippen molar-refractivity contribution in [3.05, 3.63) is 62.0 Å². The molecule has 2 unspecified atom stereocenters. The van der Waals surface area contributed by atoms with E-state index in [1.54, 1.807) is 0 Å². The number of hydrogen-bond donors (Lipinski definition) is 1. The molecule has 142 valence electrons. The predicted octanol–water partition coefficient (Wildman–Crippen LogP) is 4.25. The molecule has 0 aliphatic heterocycles. The summed E-state index contributed by atoms with van der Waals surface area (Å²) in [7, 11) is 2.64. The molecule has 0 saturated heterocycles. The first-order valence-electron chi connectivity index (χ1n) is 7.43. The summed E-state index contributed by atoms with van der Waals surface area (Å²) in [6.45, 7) is 1.18. The van der Waals surface area contributed by atoms with Crippen molar-refractivity contribution in [2.75, 3.05) is 7.11 Å². The molecule has 0 aliphatic rings. The first-order chi connectivity index (χ1) is 11.9. The van der Waals surface area contributed by atoms with Gasteiger partial charge in [0, 0.05) is 30.8 Å². The predicted molar refractivity (Wildman–Crippen MR) is 93.1 cm³/mol. The van der Waals surface area contributed by atoms with Gasteiger partial charge in [-0.1, -0.05) is 36.2 Å². The van der Waals surface area contributed by atoms with Crippen LogP contribution >= 0.6 is 23.2 Å². The highest BCUT2D eigenvalue weighted by molar-refractivity contribution is 6.43. The monoisotopic (exact) mass is 409 g/mol. The summed E-state index contributed by atoms with van der Waals surface area (Å²) in [5, 5.41) is 10.5. The Balaban J connectivity index is 2.70. The molecule has 0 spiro atoms. The number of methoxy groups -OCH3 is 1. The summed E-state index contributed by atoms with van der Waals surface area (Å²) in [5.74, 6) is -1.32. The third-order valence-corrected chi connectivity index (χ3v) is 5.23. The number of nitrogens with zero attached hydrogens (tertiary/aromatic N) is 1. The van der Waals surface area contributed by atoms with Gasteiger partial charge in [0.1, 0.15) is 10.8 Å². The lowest BCUT2D eigenvalue weighted by atomic mass is 9.78. The van der Waals surface area contributed by atoms with Crippen molar-refractivity contribution < 1.29 is 23.0 Å². The molecule has 2 aromatic rings. The van der Waals surface area contributed by atoms with Crippen LogP contribution in [0.15, 0.2) is 35.3 Å². The van der Waals surface area contributed by atoms with Gasteiger partial charge in [-0.25, -0.2) is 0 Å². The lowest BCUT2D eigenvalue weighted by Gasteiger charge is -2.37. The molecule has 2 rings (SSSR count). The fourth-order valence-corrected chi connectivity index (χ4v) is 3.31. The Kier molecular flexibility index (Phi) is 5.66. The van der Waals surface area contributed by atoms with Crippen molar-refractivity contribution in [1.82, 2.24) is 4.57 Å². The van der Waals surface area contributed by atoms with E-state index in [0.717, 1.165) is 22.9 Å². The van der Waals surface area contributed by atoms with Crippen LogP contribution in [0.5, 0.6) is 5.75 Å². The van der Waals surface area contributed by atoms with Gasteiger partial charge in [0.2, 0.25) is 5.56 Å². The molecular formula is C17H16Cl2F3NO3. The molecule has 0 aliphatic carbocycles. The van der Waals surface area contributed by atoms with Gasteiger partial charge in [-0.15, -0.1) is 0 Å². The Hall–Kier alpha value is -1.70. The average molecular weight is 410 g/mol. The first kappa shape index (κ1) is 20.6. The minimum atomic E-state index is -5.04. The zero-order valence-corrected chi connectivity index (χ0v) is 15.6. The Bertz CT molecular complexity index is 883. The summed E-state index contributed by atoms with van der Waals surface area (Å²) in [5.41, 5.74) is -4.29. The maximum absolute atomic E-state index is 13.9. The maximum Gasteiger partial charge on any atom is 0.422 e. The summed E-state index contributed by atoms with van der Waals surface area (Å²) in [6.07, 6.45) is -4.09. The van der Waals surface area contributed by atoms with E-state index in [1.165, 1.54) is 33.2 Å². The Morgan fingerprint density at radius 3 is 2.27 bits per heavy atom. The molecule has 2 atom stereocenters. The molecule has 1 N–H and O–H groups in total. The number of aryl methyl sites for hydroxylation is 1. The van der Waals surface area contributed by atoms with E-state index in [2.05, 4.69) is 0 Å². The molecule has 9 heteroatoms. The van der Waals surface area contributed by atoms with E-state index in [1.807, 2.05) is 0 Å². The fourth-order valence-electron chi connectivity index (χ4n) is 2.74. The second kappa shape index (κ2) is 7.13. The molecule has 0 radical (unpaired) electrons. The van der Waals surface area contributed by atoms with Crippen LogP contribution in [-0.2, 0) is 12.6 Å².